The summed E-state index contributed by atoms with van der Waals surface area (Å²) in [6.07, 6.45) is 6.53. The van der Waals surface area contributed by atoms with Crippen LogP contribution < -0.4 is 0 Å². The van der Waals surface area contributed by atoms with E-state index in [-0.39, 0.29) is 4.32 Å². The van der Waals surface area contributed by atoms with Crippen molar-refractivity contribution in [3.63, 3.8) is 0 Å². The average Bonchev–Trinajstić information content (AvgIpc) is 3.20. The number of aliphatic carboxylic acids is 1. The van der Waals surface area contributed by atoms with Crippen LogP contribution in [0.5, 0.6) is 0 Å². The Morgan fingerprint density at radius 1 is 1.24 bits per heavy atom. The van der Waals surface area contributed by atoms with Crippen molar-refractivity contribution in [3.05, 3.63) is 77.1 Å². The van der Waals surface area contributed by atoms with E-state index in [0.29, 0.717) is 16.2 Å². The van der Waals surface area contributed by atoms with Crippen molar-refractivity contribution in [2.75, 3.05) is 0 Å². The number of allylic oxidation sites excluding steroid dienone is 2. The minimum Gasteiger partial charge on any atom is -0.479 e. The molecule has 1 amide bonds. The van der Waals surface area contributed by atoms with Crippen LogP contribution in [0.25, 0.3) is 6.08 Å². The first-order valence-corrected chi connectivity index (χ1v) is 8.55. The standard InChI is InChI=1S/C18H13NO4S2/c20-16-14(10-4-8-13-9-5-11-23-13)25-18(24)19(16)15(17(21)22)12-6-2-1-3-7-12/h1-11,15H,(H,21,22)/b8-4+,14-10-/t15-/m0/s1. The Kier molecular flexibility index (Phi) is 5.16. The van der Waals surface area contributed by atoms with E-state index in [1.54, 1.807) is 67.0 Å². The van der Waals surface area contributed by atoms with E-state index in [4.69, 9.17) is 16.6 Å². The third-order valence-electron chi connectivity index (χ3n) is 3.48. The van der Waals surface area contributed by atoms with Crippen LogP contribution in [0.15, 0.2) is 70.2 Å². The maximum Gasteiger partial charge on any atom is 0.331 e. The fraction of sp³-hybridized carbons (Fsp3) is 0.0556. The third kappa shape index (κ3) is 3.72. The van der Waals surface area contributed by atoms with Crippen molar-refractivity contribution in [3.8, 4) is 0 Å². The van der Waals surface area contributed by atoms with Gasteiger partial charge in [0.05, 0.1) is 11.2 Å². The summed E-state index contributed by atoms with van der Waals surface area (Å²) >= 11 is 6.32. The zero-order valence-corrected chi connectivity index (χ0v) is 14.5. The number of hydrogen-bond acceptors (Lipinski definition) is 5. The highest BCUT2D eigenvalue weighted by Gasteiger charge is 2.41. The number of thioether (sulfide) groups is 1. The van der Waals surface area contributed by atoms with Crippen LogP contribution in [-0.4, -0.2) is 26.2 Å². The average molecular weight is 371 g/mol. The number of nitrogens with zero attached hydrogens (tertiary/aromatic N) is 1. The summed E-state index contributed by atoms with van der Waals surface area (Å²) in [5.74, 6) is -0.898. The zero-order valence-electron chi connectivity index (χ0n) is 12.9. The fourth-order valence-corrected chi connectivity index (χ4v) is 3.64. The molecule has 25 heavy (non-hydrogen) atoms. The highest BCUT2D eigenvalue weighted by Crippen LogP contribution is 2.37. The van der Waals surface area contributed by atoms with E-state index < -0.39 is 17.9 Å². The van der Waals surface area contributed by atoms with Gasteiger partial charge in [-0.1, -0.05) is 60.4 Å². The maximum absolute atomic E-state index is 12.7. The molecule has 126 valence electrons. The number of amides is 1. The molecule has 3 rings (SSSR count). The lowest BCUT2D eigenvalue weighted by Gasteiger charge is -2.23. The van der Waals surface area contributed by atoms with Gasteiger partial charge in [0.25, 0.3) is 5.91 Å². The van der Waals surface area contributed by atoms with Crippen molar-refractivity contribution < 1.29 is 19.1 Å². The van der Waals surface area contributed by atoms with Crippen LogP contribution >= 0.6 is 24.0 Å². The van der Waals surface area contributed by atoms with Crippen molar-refractivity contribution in [1.29, 1.82) is 0 Å². The number of carboxylic acids is 1. The normalized spacial score (nSPS) is 17.6. The maximum atomic E-state index is 12.7. The second-order valence-electron chi connectivity index (χ2n) is 5.10. The van der Waals surface area contributed by atoms with Crippen molar-refractivity contribution >= 4 is 46.3 Å². The Balaban J connectivity index is 1.86. The van der Waals surface area contributed by atoms with Crippen LogP contribution in [0.1, 0.15) is 17.4 Å². The van der Waals surface area contributed by atoms with E-state index in [2.05, 4.69) is 0 Å². The number of carbonyl (C=O) groups excluding carboxylic acids is 1. The molecule has 1 N–H and O–H groups in total. The number of benzene rings is 1. The predicted molar refractivity (Wildman–Crippen MR) is 99.7 cm³/mol. The van der Waals surface area contributed by atoms with Crippen LogP contribution in [0.4, 0.5) is 0 Å². The SMILES string of the molecule is O=C(O)[C@H](c1ccccc1)N1C(=O)/C(=C/C=C/c2ccco2)SC1=S. The minimum atomic E-state index is -1.14. The lowest BCUT2D eigenvalue weighted by molar-refractivity contribution is -0.145. The number of carbonyl (C=O) groups is 2. The molecule has 0 aliphatic carbocycles. The Hall–Kier alpha value is -2.64. The molecule has 1 fully saturated rings. The molecule has 0 unspecified atom stereocenters. The van der Waals surface area contributed by atoms with Crippen LogP contribution in [0.2, 0.25) is 0 Å². The molecule has 1 aliphatic rings. The Labute approximate surface area is 153 Å². The topological polar surface area (TPSA) is 70.8 Å². The Morgan fingerprint density at radius 2 is 2.00 bits per heavy atom. The smallest absolute Gasteiger partial charge is 0.331 e. The highest BCUT2D eigenvalue weighted by atomic mass is 32.2. The molecule has 1 aliphatic heterocycles. The van der Waals surface area contributed by atoms with Crippen LogP contribution in [0, 0.1) is 0 Å². The molecule has 0 saturated carbocycles. The lowest BCUT2D eigenvalue weighted by Crippen LogP contribution is -2.37. The molecule has 0 radical (unpaired) electrons. The van der Waals surface area contributed by atoms with E-state index in [0.717, 1.165) is 16.7 Å². The molecule has 7 heteroatoms. The van der Waals surface area contributed by atoms with E-state index >= 15 is 0 Å². The van der Waals surface area contributed by atoms with Gasteiger partial charge in [-0.3, -0.25) is 9.69 Å². The van der Waals surface area contributed by atoms with Gasteiger partial charge in [-0.2, -0.15) is 0 Å². The van der Waals surface area contributed by atoms with E-state index in [9.17, 15) is 14.7 Å². The van der Waals surface area contributed by atoms with Gasteiger partial charge >= 0.3 is 5.97 Å². The number of rotatable bonds is 5. The molecule has 2 aromatic rings. The molecular weight excluding hydrogens is 358 g/mol. The summed E-state index contributed by atoms with van der Waals surface area (Å²) in [4.78, 5) is 25.9. The molecule has 0 bridgehead atoms. The molecule has 1 atom stereocenters. The van der Waals surface area contributed by atoms with E-state index in [1.165, 1.54) is 0 Å². The summed E-state index contributed by atoms with van der Waals surface area (Å²) in [6.45, 7) is 0. The zero-order chi connectivity index (χ0) is 17.8. The summed E-state index contributed by atoms with van der Waals surface area (Å²) in [5.41, 5.74) is 0.499. The van der Waals surface area contributed by atoms with Gasteiger partial charge in [-0.15, -0.1) is 0 Å². The van der Waals surface area contributed by atoms with Gasteiger partial charge in [-0.25, -0.2) is 4.79 Å². The Bertz CT molecular complexity index is 856. The molecule has 0 spiro atoms. The van der Waals surface area contributed by atoms with Gasteiger partial charge in [0.2, 0.25) is 0 Å². The third-order valence-corrected chi connectivity index (χ3v) is 4.83. The number of carboxylic acid groups (broad SMARTS) is 1. The molecule has 5 nitrogen and oxygen atoms in total. The summed E-state index contributed by atoms with van der Waals surface area (Å²) < 4.78 is 5.39. The predicted octanol–water partition coefficient (Wildman–Crippen LogP) is 3.86. The second kappa shape index (κ2) is 7.50. The quantitative estimate of drug-likeness (QED) is 0.636. The number of hydrogen-bond donors (Lipinski definition) is 1. The van der Waals surface area contributed by atoms with Gasteiger partial charge in [0, 0.05) is 0 Å². The van der Waals surface area contributed by atoms with Gasteiger partial charge in [-0.05, 0) is 29.8 Å². The first-order chi connectivity index (χ1) is 12.1. The first-order valence-electron chi connectivity index (χ1n) is 7.33. The molecular formula is C18H13NO4S2. The molecule has 1 aromatic heterocycles. The van der Waals surface area contributed by atoms with Gasteiger partial charge < -0.3 is 9.52 Å². The first kappa shape index (κ1) is 17.2. The monoisotopic (exact) mass is 371 g/mol. The molecule has 1 saturated heterocycles. The minimum absolute atomic E-state index is 0.221. The van der Waals surface area contributed by atoms with Crippen LogP contribution in [0.3, 0.4) is 0 Å². The molecule has 1 aromatic carbocycles. The van der Waals surface area contributed by atoms with Crippen LogP contribution in [-0.2, 0) is 9.59 Å². The van der Waals surface area contributed by atoms with Crippen molar-refractivity contribution in [2.45, 2.75) is 6.04 Å². The van der Waals surface area contributed by atoms with Gasteiger partial charge in [0.15, 0.2) is 6.04 Å². The highest BCUT2D eigenvalue weighted by molar-refractivity contribution is 8.26. The van der Waals surface area contributed by atoms with Crippen molar-refractivity contribution in [1.82, 2.24) is 4.90 Å². The lowest BCUT2D eigenvalue weighted by atomic mass is 10.1. The van der Waals surface area contributed by atoms with Gasteiger partial charge in [0.1, 0.15) is 10.1 Å². The number of thiocarbonyl (C=S) groups is 1. The largest absolute Gasteiger partial charge is 0.479 e. The number of furan rings is 1. The molecule has 2 heterocycles. The van der Waals surface area contributed by atoms with E-state index in [1.807, 2.05) is 0 Å². The summed E-state index contributed by atoms with van der Waals surface area (Å²) in [7, 11) is 0. The summed E-state index contributed by atoms with van der Waals surface area (Å²) in [6, 6.07) is 11.0. The fourth-order valence-electron chi connectivity index (χ4n) is 2.37. The van der Waals surface area contributed by atoms with Crippen molar-refractivity contribution in [2.24, 2.45) is 0 Å². The Morgan fingerprint density at radius 3 is 2.64 bits per heavy atom. The second-order valence-corrected chi connectivity index (χ2v) is 6.78. The summed E-state index contributed by atoms with van der Waals surface area (Å²) in [5, 5.41) is 9.60.